The summed E-state index contributed by atoms with van der Waals surface area (Å²) in [6.45, 7) is 6.07. The maximum absolute atomic E-state index is 12.3. The highest BCUT2D eigenvalue weighted by Crippen LogP contribution is 2.32. The molecule has 18 heavy (non-hydrogen) atoms. The standard InChI is InChI=1S/C14H26N2O2/c1-10-4-3-5-14(6-10,9-17)16-13(18)12-8-15-7-11(12)2/h10-12,15,17H,3-9H2,1-2H3,(H,16,18). The molecule has 0 spiro atoms. The zero-order chi connectivity index (χ0) is 13.2. The summed E-state index contributed by atoms with van der Waals surface area (Å²) in [6.07, 6.45) is 4.12. The third kappa shape index (κ3) is 2.86. The van der Waals surface area contributed by atoms with E-state index >= 15 is 0 Å². The highest BCUT2D eigenvalue weighted by atomic mass is 16.3. The SMILES string of the molecule is CC1CCCC(CO)(NC(=O)C2CNCC2C)C1. The molecule has 1 saturated heterocycles. The molecule has 0 aromatic carbocycles. The molecule has 3 N–H and O–H groups in total. The number of carbonyl (C=O) groups excluding carboxylic acids is 1. The Labute approximate surface area is 110 Å². The zero-order valence-corrected chi connectivity index (χ0v) is 11.5. The van der Waals surface area contributed by atoms with Crippen molar-refractivity contribution in [1.82, 2.24) is 10.6 Å². The molecule has 1 amide bonds. The average Bonchev–Trinajstić information content (AvgIpc) is 2.75. The molecule has 1 aliphatic carbocycles. The summed E-state index contributed by atoms with van der Waals surface area (Å²) < 4.78 is 0. The molecule has 0 aromatic heterocycles. The van der Waals surface area contributed by atoms with E-state index in [9.17, 15) is 9.90 Å². The van der Waals surface area contributed by atoms with Gasteiger partial charge in [-0.25, -0.2) is 0 Å². The van der Waals surface area contributed by atoms with Crippen LogP contribution in [0.15, 0.2) is 0 Å². The van der Waals surface area contributed by atoms with Crippen molar-refractivity contribution in [3.63, 3.8) is 0 Å². The van der Waals surface area contributed by atoms with Crippen LogP contribution in [0.1, 0.15) is 39.5 Å². The second kappa shape index (κ2) is 5.57. The summed E-state index contributed by atoms with van der Waals surface area (Å²) in [4.78, 5) is 12.3. The van der Waals surface area contributed by atoms with Crippen molar-refractivity contribution in [3.8, 4) is 0 Å². The normalized spacial score (nSPS) is 40.7. The van der Waals surface area contributed by atoms with E-state index in [0.717, 1.165) is 32.4 Å². The molecule has 4 unspecified atom stereocenters. The number of aliphatic hydroxyl groups is 1. The van der Waals surface area contributed by atoms with Crippen molar-refractivity contribution in [1.29, 1.82) is 0 Å². The summed E-state index contributed by atoms with van der Waals surface area (Å²) in [7, 11) is 0. The van der Waals surface area contributed by atoms with Gasteiger partial charge in [0.2, 0.25) is 5.91 Å². The van der Waals surface area contributed by atoms with Gasteiger partial charge in [-0.15, -0.1) is 0 Å². The average molecular weight is 254 g/mol. The van der Waals surface area contributed by atoms with Crippen molar-refractivity contribution < 1.29 is 9.90 Å². The third-order valence-corrected chi connectivity index (χ3v) is 4.64. The molecule has 2 fully saturated rings. The minimum absolute atomic E-state index is 0.0608. The summed E-state index contributed by atoms with van der Waals surface area (Å²) in [5.41, 5.74) is -0.364. The first-order chi connectivity index (χ1) is 8.56. The summed E-state index contributed by atoms with van der Waals surface area (Å²) in [5.74, 6) is 1.16. The predicted octanol–water partition coefficient (Wildman–Crippen LogP) is 0.899. The van der Waals surface area contributed by atoms with E-state index in [2.05, 4.69) is 24.5 Å². The quantitative estimate of drug-likeness (QED) is 0.701. The van der Waals surface area contributed by atoms with Crippen LogP contribution in [0, 0.1) is 17.8 Å². The monoisotopic (exact) mass is 254 g/mol. The molecular weight excluding hydrogens is 228 g/mol. The minimum atomic E-state index is -0.364. The van der Waals surface area contributed by atoms with Crippen molar-refractivity contribution in [2.75, 3.05) is 19.7 Å². The number of rotatable bonds is 3. The van der Waals surface area contributed by atoms with Crippen LogP contribution in [0.5, 0.6) is 0 Å². The van der Waals surface area contributed by atoms with E-state index in [-0.39, 0.29) is 24.0 Å². The lowest BCUT2D eigenvalue weighted by Crippen LogP contribution is -2.56. The largest absolute Gasteiger partial charge is 0.394 e. The Morgan fingerprint density at radius 2 is 2.22 bits per heavy atom. The van der Waals surface area contributed by atoms with Gasteiger partial charge in [0, 0.05) is 6.54 Å². The fraction of sp³-hybridized carbons (Fsp3) is 0.929. The van der Waals surface area contributed by atoms with E-state index in [1.165, 1.54) is 6.42 Å². The van der Waals surface area contributed by atoms with Crippen LogP contribution in [-0.4, -0.2) is 36.2 Å². The van der Waals surface area contributed by atoms with Gasteiger partial charge >= 0.3 is 0 Å². The summed E-state index contributed by atoms with van der Waals surface area (Å²) in [5, 5.41) is 16.1. The van der Waals surface area contributed by atoms with Gasteiger partial charge in [0.1, 0.15) is 0 Å². The molecule has 4 nitrogen and oxygen atoms in total. The number of hydrogen-bond donors (Lipinski definition) is 3. The Morgan fingerprint density at radius 1 is 1.44 bits per heavy atom. The maximum Gasteiger partial charge on any atom is 0.225 e. The molecule has 0 radical (unpaired) electrons. The highest BCUT2D eigenvalue weighted by Gasteiger charge is 2.39. The number of hydrogen-bond acceptors (Lipinski definition) is 3. The lowest BCUT2D eigenvalue weighted by atomic mass is 9.76. The van der Waals surface area contributed by atoms with Gasteiger partial charge in [0.05, 0.1) is 18.1 Å². The number of aliphatic hydroxyl groups excluding tert-OH is 1. The van der Waals surface area contributed by atoms with Crippen molar-refractivity contribution in [2.24, 2.45) is 17.8 Å². The Morgan fingerprint density at radius 3 is 2.78 bits per heavy atom. The van der Waals surface area contributed by atoms with Crippen LogP contribution in [0.2, 0.25) is 0 Å². The van der Waals surface area contributed by atoms with Crippen LogP contribution >= 0.6 is 0 Å². The van der Waals surface area contributed by atoms with E-state index in [0.29, 0.717) is 11.8 Å². The summed E-state index contributed by atoms with van der Waals surface area (Å²) >= 11 is 0. The van der Waals surface area contributed by atoms with Crippen LogP contribution in [-0.2, 0) is 4.79 Å². The topological polar surface area (TPSA) is 61.4 Å². The lowest BCUT2D eigenvalue weighted by molar-refractivity contribution is -0.128. The molecule has 2 rings (SSSR count). The molecule has 4 heteroatoms. The van der Waals surface area contributed by atoms with Crippen molar-refractivity contribution in [2.45, 2.75) is 45.1 Å². The van der Waals surface area contributed by atoms with Gasteiger partial charge in [0.25, 0.3) is 0 Å². The van der Waals surface area contributed by atoms with E-state index in [1.807, 2.05) is 0 Å². The molecule has 1 saturated carbocycles. The Hall–Kier alpha value is -0.610. The second-order valence-electron chi connectivity index (χ2n) is 6.37. The Kier molecular flexibility index (Phi) is 4.28. The number of nitrogens with one attached hydrogen (secondary N) is 2. The van der Waals surface area contributed by atoms with E-state index < -0.39 is 0 Å². The molecule has 0 bridgehead atoms. The van der Waals surface area contributed by atoms with Gasteiger partial charge in [-0.3, -0.25) is 4.79 Å². The molecule has 0 aromatic rings. The molecule has 104 valence electrons. The lowest BCUT2D eigenvalue weighted by Gasteiger charge is -2.40. The van der Waals surface area contributed by atoms with Gasteiger partial charge in [-0.2, -0.15) is 0 Å². The first-order valence-electron chi connectivity index (χ1n) is 7.20. The fourth-order valence-corrected chi connectivity index (χ4v) is 3.47. The molecule has 2 aliphatic rings. The van der Waals surface area contributed by atoms with E-state index in [1.54, 1.807) is 0 Å². The third-order valence-electron chi connectivity index (χ3n) is 4.64. The van der Waals surface area contributed by atoms with Crippen LogP contribution in [0.25, 0.3) is 0 Å². The van der Waals surface area contributed by atoms with Gasteiger partial charge in [-0.05, 0) is 31.2 Å². The molecule has 4 atom stereocenters. The van der Waals surface area contributed by atoms with E-state index in [4.69, 9.17) is 0 Å². The van der Waals surface area contributed by atoms with Crippen molar-refractivity contribution >= 4 is 5.91 Å². The summed E-state index contributed by atoms with van der Waals surface area (Å²) in [6, 6.07) is 0. The predicted molar refractivity (Wildman–Crippen MR) is 71.1 cm³/mol. The van der Waals surface area contributed by atoms with Crippen molar-refractivity contribution in [3.05, 3.63) is 0 Å². The molecule has 1 aliphatic heterocycles. The number of carbonyl (C=O) groups is 1. The van der Waals surface area contributed by atoms with Gasteiger partial charge < -0.3 is 15.7 Å². The second-order valence-corrected chi connectivity index (χ2v) is 6.37. The maximum atomic E-state index is 12.3. The first kappa shape index (κ1) is 13.8. The van der Waals surface area contributed by atoms with Gasteiger partial charge in [0.15, 0.2) is 0 Å². The Balaban J connectivity index is 1.99. The smallest absolute Gasteiger partial charge is 0.225 e. The first-order valence-corrected chi connectivity index (χ1v) is 7.20. The van der Waals surface area contributed by atoms with Crippen LogP contribution in [0.3, 0.4) is 0 Å². The molecular formula is C14H26N2O2. The highest BCUT2D eigenvalue weighted by molar-refractivity contribution is 5.80. The van der Waals surface area contributed by atoms with Crippen LogP contribution in [0.4, 0.5) is 0 Å². The van der Waals surface area contributed by atoms with Crippen LogP contribution < -0.4 is 10.6 Å². The minimum Gasteiger partial charge on any atom is -0.394 e. The zero-order valence-electron chi connectivity index (χ0n) is 11.5. The molecule has 1 heterocycles. The number of amides is 1. The fourth-order valence-electron chi connectivity index (χ4n) is 3.47. The Bertz CT molecular complexity index is 308. The van der Waals surface area contributed by atoms with Gasteiger partial charge in [-0.1, -0.05) is 26.7 Å².